The molecule has 25 heavy (non-hydrogen) atoms. The van der Waals surface area contributed by atoms with Crippen LogP contribution in [0.15, 0.2) is 45.7 Å². The van der Waals surface area contributed by atoms with Crippen molar-refractivity contribution in [1.29, 1.82) is 0 Å². The number of rotatable bonds is 5. The predicted octanol–water partition coefficient (Wildman–Crippen LogP) is 2.27. The second kappa shape index (κ2) is 7.49. The zero-order chi connectivity index (χ0) is 18.6. The molecule has 0 radical (unpaired) electrons. The Morgan fingerprint density at radius 1 is 1.12 bits per heavy atom. The lowest BCUT2D eigenvalue weighted by atomic mass is 10.1. The molecule has 2 aromatic rings. The van der Waals surface area contributed by atoms with Gasteiger partial charge in [0, 0.05) is 0 Å². The predicted molar refractivity (Wildman–Crippen MR) is 89.3 cm³/mol. The monoisotopic (exact) mass is 368 g/mol. The molecule has 0 bridgehead atoms. The van der Waals surface area contributed by atoms with Crippen LogP contribution in [0.2, 0.25) is 0 Å². The van der Waals surface area contributed by atoms with Crippen molar-refractivity contribution < 1.29 is 27.5 Å². The lowest BCUT2D eigenvalue weighted by Gasteiger charge is -2.13. The number of benzene rings is 2. The molecule has 0 unspecified atom stereocenters. The van der Waals surface area contributed by atoms with Crippen molar-refractivity contribution in [1.82, 2.24) is 5.48 Å². The highest BCUT2D eigenvalue weighted by atomic mass is 32.2. The molecular weight excluding hydrogens is 351 g/mol. The maximum absolute atomic E-state index is 14.1. The summed E-state index contributed by atoms with van der Waals surface area (Å²) in [5.74, 6) is -1.33. The molecule has 134 valence electrons. The molecule has 0 heterocycles. The molecule has 9 heteroatoms. The fourth-order valence-electron chi connectivity index (χ4n) is 2.30. The summed E-state index contributed by atoms with van der Waals surface area (Å²) in [6.45, 7) is 1.68. The van der Waals surface area contributed by atoms with Crippen LogP contribution in [0.25, 0.3) is 0 Å². The van der Waals surface area contributed by atoms with E-state index in [1.807, 2.05) is 0 Å². The van der Waals surface area contributed by atoms with Crippen LogP contribution in [0.3, 0.4) is 0 Å². The van der Waals surface area contributed by atoms with Crippen molar-refractivity contribution in [3.63, 3.8) is 0 Å². The zero-order valence-corrected chi connectivity index (χ0v) is 14.6. The van der Waals surface area contributed by atoms with Crippen LogP contribution in [0.4, 0.5) is 4.39 Å². The summed E-state index contributed by atoms with van der Waals surface area (Å²) < 4.78 is 52.9. The molecule has 0 atom stereocenters. The number of methoxy groups -OCH3 is 2. The maximum Gasteiger partial charge on any atom is 0.290 e. The third-order valence-electron chi connectivity index (χ3n) is 3.42. The van der Waals surface area contributed by atoms with Gasteiger partial charge in [-0.3, -0.25) is 10.7 Å². The minimum Gasteiger partial charge on any atom is -0.496 e. The summed E-state index contributed by atoms with van der Waals surface area (Å²) in [6, 6.07) is 8.54. The highest BCUT2D eigenvalue weighted by Gasteiger charge is 2.26. The Kier molecular flexibility index (Phi) is 5.60. The Labute approximate surface area is 144 Å². The molecule has 0 aliphatic heterocycles. The van der Waals surface area contributed by atoms with Gasteiger partial charge in [0.15, 0.2) is 10.7 Å². The van der Waals surface area contributed by atoms with Gasteiger partial charge in [0.25, 0.3) is 10.0 Å². The van der Waals surface area contributed by atoms with E-state index in [1.165, 1.54) is 26.4 Å². The Bertz CT molecular complexity index is 913. The number of hydrogen-bond acceptors (Lipinski definition) is 5. The van der Waals surface area contributed by atoms with Gasteiger partial charge in [-0.1, -0.05) is 18.2 Å². The third-order valence-corrected chi connectivity index (χ3v) is 4.75. The molecule has 0 fully saturated rings. The smallest absolute Gasteiger partial charge is 0.290 e. The summed E-state index contributed by atoms with van der Waals surface area (Å²) in [6.07, 6.45) is 0. The lowest BCUT2D eigenvalue weighted by molar-refractivity contribution is 0.235. The Morgan fingerprint density at radius 2 is 1.72 bits per heavy atom. The van der Waals surface area contributed by atoms with Gasteiger partial charge in [-0.15, -0.1) is 4.40 Å². The molecule has 2 aromatic carbocycles. The first-order valence-corrected chi connectivity index (χ1v) is 8.51. The SMILES string of the molecule is COc1cccc(C)c1C(=NS(=O)(=O)c1c(F)cccc1OC)NO. The van der Waals surface area contributed by atoms with Crippen molar-refractivity contribution in [3.8, 4) is 11.5 Å². The van der Waals surface area contributed by atoms with Crippen LogP contribution in [0.5, 0.6) is 11.5 Å². The summed E-state index contributed by atoms with van der Waals surface area (Å²) in [7, 11) is -1.92. The average molecular weight is 368 g/mol. The van der Waals surface area contributed by atoms with E-state index < -0.39 is 26.6 Å². The minimum absolute atomic E-state index is 0.196. The van der Waals surface area contributed by atoms with Crippen molar-refractivity contribution >= 4 is 15.9 Å². The number of nitrogens with one attached hydrogen (secondary N) is 1. The first-order valence-electron chi connectivity index (χ1n) is 7.07. The van der Waals surface area contributed by atoms with E-state index in [0.717, 1.165) is 6.07 Å². The fraction of sp³-hybridized carbons (Fsp3) is 0.188. The Morgan fingerprint density at radius 3 is 2.32 bits per heavy atom. The van der Waals surface area contributed by atoms with Gasteiger partial charge >= 0.3 is 0 Å². The zero-order valence-electron chi connectivity index (χ0n) is 13.8. The second-order valence-electron chi connectivity index (χ2n) is 4.95. The number of hydroxylamine groups is 1. The molecule has 0 spiro atoms. The van der Waals surface area contributed by atoms with Gasteiger partial charge in [0.05, 0.1) is 19.8 Å². The average Bonchev–Trinajstić information content (AvgIpc) is 2.59. The molecule has 2 rings (SSSR count). The van der Waals surface area contributed by atoms with E-state index in [2.05, 4.69) is 4.40 Å². The first-order chi connectivity index (χ1) is 11.9. The molecule has 2 N–H and O–H groups in total. The van der Waals surface area contributed by atoms with Crippen LogP contribution in [0.1, 0.15) is 11.1 Å². The second-order valence-corrected chi connectivity index (χ2v) is 6.49. The quantitative estimate of drug-likeness (QED) is 0.477. The summed E-state index contributed by atoms with van der Waals surface area (Å²) in [5.41, 5.74) is 2.57. The van der Waals surface area contributed by atoms with Crippen molar-refractivity contribution in [3.05, 3.63) is 53.3 Å². The fourth-order valence-corrected chi connectivity index (χ4v) is 3.49. The first kappa shape index (κ1) is 18.7. The maximum atomic E-state index is 14.1. The molecule has 0 aliphatic carbocycles. The van der Waals surface area contributed by atoms with Gasteiger partial charge < -0.3 is 9.47 Å². The number of ether oxygens (including phenoxy) is 2. The van der Waals surface area contributed by atoms with E-state index in [4.69, 9.17) is 9.47 Å². The Balaban J connectivity index is 2.69. The molecule has 0 aromatic heterocycles. The van der Waals surface area contributed by atoms with Crippen molar-refractivity contribution in [2.45, 2.75) is 11.8 Å². The Hall–Kier alpha value is -2.65. The van der Waals surface area contributed by atoms with Gasteiger partial charge in [0.2, 0.25) is 0 Å². The van der Waals surface area contributed by atoms with Gasteiger partial charge in [0.1, 0.15) is 17.3 Å². The molecule has 0 aliphatic rings. The standard InChI is InChI=1S/C16H17FN2O5S/c1-10-6-4-8-12(23-2)14(10)16(18-20)19-25(21,22)15-11(17)7-5-9-13(15)24-3/h4-9,20H,1-3H3,(H,18,19). The van der Waals surface area contributed by atoms with Crippen LogP contribution in [0, 0.1) is 12.7 Å². The molecular formula is C16H17FN2O5S. The minimum atomic E-state index is -4.53. The number of aryl methyl sites for hydroxylation is 1. The van der Waals surface area contributed by atoms with Crippen LogP contribution < -0.4 is 15.0 Å². The highest BCUT2D eigenvalue weighted by molar-refractivity contribution is 7.90. The number of halogens is 1. The summed E-state index contributed by atoms with van der Waals surface area (Å²) in [5, 5.41) is 9.40. The molecule has 0 saturated heterocycles. The van der Waals surface area contributed by atoms with E-state index >= 15 is 0 Å². The molecule has 0 amide bonds. The van der Waals surface area contributed by atoms with Crippen LogP contribution >= 0.6 is 0 Å². The topological polar surface area (TPSA) is 97.2 Å². The molecule has 7 nitrogen and oxygen atoms in total. The number of nitrogens with zero attached hydrogens (tertiary/aromatic N) is 1. The van der Waals surface area contributed by atoms with Gasteiger partial charge in [-0.25, -0.2) is 4.39 Å². The third kappa shape index (κ3) is 3.72. The highest BCUT2D eigenvalue weighted by Crippen LogP contribution is 2.29. The van der Waals surface area contributed by atoms with Gasteiger partial charge in [-0.05, 0) is 30.7 Å². The number of amidine groups is 1. The summed E-state index contributed by atoms with van der Waals surface area (Å²) >= 11 is 0. The van der Waals surface area contributed by atoms with Crippen LogP contribution in [-0.4, -0.2) is 33.7 Å². The normalized spacial score (nSPS) is 12.0. The lowest BCUT2D eigenvalue weighted by Crippen LogP contribution is -2.24. The van der Waals surface area contributed by atoms with E-state index in [9.17, 15) is 18.0 Å². The van der Waals surface area contributed by atoms with E-state index in [1.54, 1.807) is 30.6 Å². The largest absolute Gasteiger partial charge is 0.496 e. The van der Waals surface area contributed by atoms with Gasteiger partial charge in [-0.2, -0.15) is 8.42 Å². The van der Waals surface area contributed by atoms with E-state index in [-0.39, 0.29) is 17.1 Å². The molecule has 0 saturated carbocycles. The van der Waals surface area contributed by atoms with Crippen molar-refractivity contribution in [2.24, 2.45) is 4.40 Å². The van der Waals surface area contributed by atoms with E-state index in [0.29, 0.717) is 5.56 Å². The number of hydrogen-bond donors (Lipinski definition) is 2. The number of sulfonamides is 1. The van der Waals surface area contributed by atoms with Crippen LogP contribution in [-0.2, 0) is 10.0 Å². The van der Waals surface area contributed by atoms with Crippen molar-refractivity contribution in [2.75, 3.05) is 14.2 Å². The summed E-state index contributed by atoms with van der Waals surface area (Å²) in [4.78, 5) is -0.724.